The first-order chi connectivity index (χ1) is 18.6. The molecule has 0 radical (unpaired) electrons. The van der Waals surface area contributed by atoms with Crippen LogP contribution >= 0.6 is 0 Å². The van der Waals surface area contributed by atoms with Gasteiger partial charge in [-0.1, -0.05) is 6.07 Å². The minimum atomic E-state index is -0.533. The van der Waals surface area contributed by atoms with Crippen molar-refractivity contribution in [2.75, 3.05) is 69.2 Å². The van der Waals surface area contributed by atoms with Crippen LogP contribution in [0.5, 0.6) is 0 Å². The van der Waals surface area contributed by atoms with Gasteiger partial charge < -0.3 is 20.6 Å². The van der Waals surface area contributed by atoms with Crippen LogP contribution in [0.25, 0.3) is 16.9 Å². The first-order valence-corrected chi connectivity index (χ1v) is 13.6. The summed E-state index contributed by atoms with van der Waals surface area (Å²) >= 11 is 0. The van der Waals surface area contributed by atoms with Gasteiger partial charge in [-0.2, -0.15) is 5.26 Å². The molecule has 2 aromatic carbocycles. The zero-order valence-electron chi connectivity index (χ0n) is 21.7. The van der Waals surface area contributed by atoms with Crippen molar-refractivity contribution in [2.24, 2.45) is 5.92 Å². The molecule has 2 aliphatic rings. The third-order valence-corrected chi connectivity index (χ3v) is 7.61. The van der Waals surface area contributed by atoms with Gasteiger partial charge in [0.1, 0.15) is 17.7 Å². The van der Waals surface area contributed by atoms with Crippen molar-refractivity contribution >= 4 is 11.5 Å². The number of aliphatic hydroxyl groups is 1. The topological polar surface area (TPSA) is 92.4 Å². The fourth-order valence-electron chi connectivity index (χ4n) is 5.36. The normalized spacial score (nSPS) is 18.7. The van der Waals surface area contributed by atoms with Crippen molar-refractivity contribution in [3.63, 3.8) is 0 Å². The lowest BCUT2D eigenvalue weighted by molar-refractivity contribution is 0.189. The number of nitrogens with one attached hydrogen (secondary N) is 2. The molecule has 8 nitrogen and oxygen atoms in total. The van der Waals surface area contributed by atoms with E-state index in [1.165, 1.54) is 25.0 Å². The number of piperazine rings is 1. The number of halogens is 1. The summed E-state index contributed by atoms with van der Waals surface area (Å²) in [5, 5.41) is 30.2. The standard InChI is InChI=1S/C29H36FN7O/c30-27-18-23(3-4-24(27)20-31)28-19-29(33-21-22-2-1-10-32-11-9-22)34-37(28)26-7-5-25(6-8-26)36-14-12-35(13-15-36)16-17-38/h3-8,18-19,22,32,38H,1-2,9-17,21H2,(H,33,34)/t22-/m0/s1. The van der Waals surface area contributed by atoms with Crippen molar-refractivity contribution in [1.29, 1.82) is 5.26 Å². The number of rotatable bonds is 8. The summed E-state index contributed by atoms with van der Waals surface area (Å²) in [6.45, 7) is 7.58. The van der Waals surface area contributed by atoms with Crippen LogP contribution in [0.3, 0.4) is 0 Å². The van der Waals surface area contributed by atoms with Crippen LogP contribution in [0.1, 0.15) is 24.8 Å². The number of aliphatic hydroxyl groups excluding tert-OH is 1. The monoisotopic (exact) mass is 517 g/mol. The van der Waals surface area contributed by atoms with Crippen LogP contribution in [-0.4, -0.2) is 78.8 Å². The van der Waals surface area contributed by atoms with E-state index in [-0.39, 0.29) is 12.2 Å². The number of nitrogens with zero attached hydrogens (tertiary/aromatic N) is 5. The van der Waals surface area contributed by atoms with Gasteiger partial charge in [0.25, 0.3) is 0 Å². The maximum Gasteiger partial charge on any atom is 0.149 e. The number of benzene rings is 2. The molecule has 0 aliphatic carbocycles. The maximum atomic E-state index is 14.5. The predicted octanol–water partition coefficient (Wildman–Crippen LogP) is 3.47. The molecule has 5 rings (SSSR count). The molecule has 3 aromatic rings. The first kappa shape index (κ1) is 26.2. The molecule has 2 aliphatic heterocycles. The van der Waals surface area contributed by atoms with E-state index in [0.717, 1.165) is 81.7 Å². The number of aromatic nitrogens is 2. The van der Waals surface area contributed by atoms with Crippen molar-refractivity contribution in [3.8, 4) is 23.0 Å². The van der Waals surface area contributed by atoms with Gasteiger partial charge in [0.15, 0.2) is 0 Å². The molecule has 3 heterocycles. The average molecular weight is 518 g/mol. The second kappa shape index (κ2) is 12.4. The van der Waals surface area contributed by atoms with Crippen LogP contribution < -0.4 is 15.5 Å². The maximum absolute atomic E-state index is 14.5. The highest BCUT2D eigenvalue weighted by Crippen LogP contribution is 2.29. The fourth-order valence-corrected chi connectivity index (χ4v) is 5.36. The number of hydrogen-bond donors (Lipinski definition) is 3. The van der Waals surface area contributed by atoms with Crippen molar-refractivity contribution in [3.05, 3.63) is 59.9 Å². The van der Waals surface area contributed by atoms with E-state index in [1.807, 2.05) is 29.0 Å². The Kier molecular flexibility index (Phi) is 8.54. The third kappa shape index (κ3) is 6.16. The van der Waals surface area contributed by atoms with Gasteiger partial charge in [-0.15, -0.1) is 5.10 Å². The summed E-state index contributed by atoms with van der Waals surface area (Å²) in [6.07, 6.45) is 3.50. The van der Waals surface area contributed by atoms with Crippen LogP contribution in [0.15, 0.2) is 48.5 Å². The van der Waals surface area contributed by atoms with E-state index in [9.17, 15) is 9.50 Å². The molecule has 0 spiro atoms. The van der Waals surface area contributed by atoms with Crippen LogP contribution in [0, 0.1) is 23.1 Å². The lowest BCUT2D eigenvalue weighted by atomic mass is 10.0. The molecule has 0 saturated carbocycles. The molecule has 2 fully saturated rings. The Hall–Kier alpha value is -3.45. The highest BCUT2D eigenvalue weighted by atomic mass is 19.1. The molecule has 0 amide bonds. The molecule has 1 atom stereocenters. The van der Waals surface area contributed by atoms with E-state index in [0.29, 0.717) is 11.5 Å². The number of anilines is 2. The summed E-state index contributed by atoms with van der Waals surface area (Å²) in [6, 6.07) is 16.9. The predicted molar refractivity (Wildman–Crippen MR) is 148 cm³/mol. The Morgan fingerprint density at radius 1 is 1.03 bits per heavy atom. The van der Waals surface area contributed by atoms with E-state index in [1.54, 1.807) is 6.07 Å². The molecular weight excluding hydrogens is 481 g/mol. The molecule has 1 aromatic heterocycles. The molecule has 0 unspecified atom stereocenters. The lowest BCUT2D eigenvalue weighted by Gasteiger charge is -2.35. The number of hydrogen-bond acceptors (Lipinski definition) is 7. The van der Waals surface area contributed by atoms with Crippen molar-refractivity contribution < 1.29 is 9.50 Å². The lowest BCUT2D eigenvalue weighted by Crippen LogP contribution is -2.47. The Labute approximate surface area is 223 Å². The van der Waals surface area contributed by atoms with Gasteiger partial charge in [0.05, 0.1) is 23.6 Å². The van der Waals surface area contributed by atoms with Crippen LogP contribution in [0.2, 0.25) is 0 Å². The summed E-state index contributed by atoms with van der Waals surface area (Å²) < 4.78 is 16.4. The number of β-amino-alcohol motifs (C(OH)–C–C–N with tert-alkyl or cyclic N) is 1. The van der Waals surface area contributed by atoms with Crippen LogP contribution in [0.4, 0.5) is 15.9 Å². The second-order valence-electron chi connectivity index (χ2n) is 10.1. The zero-order valence-corrected chi connectivity index (χ0v) is 21.7. The van der Waals surface area contributed by atoms with Gasteiger partial charge in [0, 0.05) is 56.6 Å². The minimum Gasteiger partial charge on any atom is -0.395 e. The highest BCUT2D eigenvalue weighted by Gasteiger charge is 2.19. The summed E-state index contributed by atoms with van der Waals surface area (Å²) in [4.78, 5) is 4.63. The first-order valence-electron chi connectivity index (χ1n) is 13.6. The molecule has 9 heteroatoms. The molecule has 2 saturated heterocycles. The smallest absolute Gasteiger partial charge is 0.149 e. The van der Waals surface area contributed by atoms with Gasteiger partial charge in [0.2, 0.25) is 0 Å². The van der Waals surface area contributed by atoms with Crippen LogP contribution in [-0.2, 0) is 0 Å². The van der Waals surface area contributed by atoms with Gasteiger partial charge in [-0.3, -0.25) is 4.90 Å². The highest BCUT2D eigenvalue weighted by molar-refractivity contribution is 5.67. The van der Waals surface area contributed by atoms with E-state index in [2.05, 4.69) is 32.6 Å². The average Bonchev–Trinajstić information content (AvgIpc) is 3.20. The van der Waals surface area contributed by atoms with E-state index >= 15 is 0 Å². The Balaban J connectivity index is 1.38. The third-order valence-electron chi connectivity index (χ3n) is 7.61. The zero-order chi connectivity index (χ0) is 26.3. The van der Waals surface area contributed by atoms with Crippen molar-refractivity contribution in [2.45, 2.75) is 19.3 Å². The van der Waals surface area contributed by atoms with E-state index < -0.39 is 5.82 Å². The summed E-state index contributed by atoms with van der Waals surface area (Å²) in [7, 11) is 0. The summed E-state index contributed by atoms with van der Waals surface area (Å²) in [5.74, 6) is 0.808. The van der Waals surface area contributed by atoms with Gasteiger partial charge in [-0.25, -0.2) is 9.07 Å². The molecule has 38 heavy (non-hydrogen) atoms. The molecule has 3 N–H and O–H groups in total. The molecular formula is C29H36FN7O. The fraction of sp³-hybridized carbons (Fsp3) is 0.448. The minimum absolute atomic E-state index is 0.0311. The van der Waals surface area contributed by atoms with Gasteiger partial charge in [-0.05, 0) is 74.7 Å². The number of nitriles is 1. The largest absolute Gasteiger partial charge is 0.395 e. The Bertz CT molecular complexity index is 1240. The molecule has 0 bridgehead atoms. The second-order valence-corrected chi connectivity index (χ2v) is 10.1. The SMILES string of the molecule is N#Cc1ccc(-c2cc(NC[C@H]3CCCNCC3)nn2-c2ccc(N3CCN(CCO)CC3)cc2)cc1F. The Morgan fingerprint density at radius 3 is 2.55 bits per heavy atom. The van der Waals surface area contributed by atoms with Crippen molar-refractivity contribution in [1.82, 2.24) is 20.0 Å². The quantitative estimate of drug-likeness (QED) is 0.421. The molecule has 200 valence electrons. The Morgan fingerprint density at radius 2 is 1.82 bits per heavy atom. The summed E-state index contributed by atoms with van der Waals surface area (Å²) in [5.41, 5.74) is 3.51. The van der Waals surface area contributed by atoms with E-state index in [4.69, 9.17) is 10.4 Å². The van der Waals surface area contributed by atoms with Gasteiger partial charge >= 0.3 is 0 Å².